The van der Waals surface area contributed by atoms with Crippen molar-refractivity contribution in [2.24, 2.45) is 5.92 Å². The molecule has 2 aromatic heterocycles. The van der Waals surface area contributed by atoms with Crippen molar-refractivity contribution in [3.05, 3.63) is 42.2 Å². The third-order valence-corrected chi connectivity index (χ3v) is 4.73. The summed E-state index contributed by atoms with van der Waals surface area (Å²) in [5.74, 6) is 8.12. The van der Waals surface area contributed by atoms with E-state index in [2.05, 4.69) is 27.1 Å². The number of aromatic hydroxyl groups is 1. The molecule has 28 heavy (non-hydrogen) atoms. The van der Waals surface area contributed by atoms with Crippen LogP contribution in [0.2, 0.25) is 0 Å². The lowest BCUT2D eigenvalue weighted by Gasteiger charge is -2.20. The van der Waals surface area contributed by atoms with E-state index in [-0.39, 0.29) is 5.75 Å². The van der Waals surface area contributed by atoms with Crippen LogP contribution >= 0.6 is 0 Å². The number of hydrogen-bond donors (Lipinski definition) is 3. The Labute approximate surface area is 165 Å². The Kier molecular flexibility index (Phi) is 6.51. The molecule has 1 aromatic carbocycles. The number of hydrogen-bond acceptors (Lipinski definition) is 5. The molecular formula is C22H27N5O. The molecule has 3 aromatic rings. The van der Waals surface area contributed by atoms with Crippen molar-refractivity contribution in [3.8, 4) is 28.8 Å². The van der Waals surface area contributed by atoms with Crippen molar-refractivity contribution in [1.82, 2.24) is 19.7 Å². The fourth-order valence-electron chi connectivity index (χ4n) is 3.23. The van der Waals surface area contributed by atoms with E-state index < -0.39 is 0 Å². The number of phenols is 1. The van der Waals surface area contributed by atoms with Gasteiger partial charge in [0.15, 0.2) is 0 Å². The summed E-state index contributed by atoms with van der Waals surface area (Å²) in [5.41, 5.74) is 8.07. The maximum Gasteiger partial charge on any atom is 0.236 e. The molecule has 1 aliphatic rings. The van der Waals surface area contributed by atoms with E-state index >= 15 is 0 Å². The van der Waals surface area contributed by atoms with E-state index in [4.69, 9.17) is 5.73 Å². The molecule has 1 aliphatic heterocycles. The van der Waals surface area contributed by atoms with Crippen molar-refractivity contribution >= 4 is 11.6 Å². The largest absolute Gasteiger partial charge is 0.507 e. The molecular weight excluding hydrogens is 350 g/mol. The summed E-state index contributed by atoms with van der Waals surface area (Å²) in [6, 6.07) is 7.10. The number of nitrogen functional groups attached to an aromatic ring is 1. The second kappa shape index (κ2) is 9.25. The zero-order chi connectivity index (χ0) is 19.9. The minimum absolute atomic E-state index is 0.186. The van der Waals surface area contributed by atoms with E-state index in [1.54, 1.807) is 16.5 Å². The predicted molar refractivity (Wildman–Crippen MR) is 113 cm³/mol. The van der Waals surface area contributed by atoms with E-state index in [9.17, 15) is 5.11 Å². The predicted octanol–water partition coefficient (Wildman–Crippen LogP) is 3.45. The number of nitrogens with one attached hydrogen (secondary N) is 1. The summed E-state index contributed by atoms with van der Waals surface area (Å²) in [5, 5.41) is 13.4. The molecule has 4 rings (SSSR count). The van der Waals surface area contributed by atoms with Crippen LogP contribution in [0.15, 0.2) is 36.7 Å². The quantitative estimate of drug-likeness (QED) is 0.595. The minimum atomic E-state index is 0.186. The Morgan fingerprint density at radius 2 is 1.93 bits per heavy atom. The molecule has 6 nitrogen and oxygen atoms in total. The van der Waals surface area contributed by atoms with Gasteiger partial charge in [-0.2, -0.15) is 4.98 Å². The van der Waals surface area contributed by atoms with E-state index in [1.165, 1.54) is 12.8 Å². The summed E-state index contributed by atoms with van der Waals surface area (Å²) >= 11 is 0. The minimum Gasteiger partial charge on any atom is -0.507 e. The van der Waals surface area contributed by atoms with Crippen LogP contribution in [0.1, 0.15) is 38.7 Å². The van der Waals surface area contributed by atoms with Gasteiger partial charge in [-0.15, -0.1) is 0 Å². The van der Waals surface area contributed by atoms with E-state index in [1.807, 2.05) is 38.4 Å². The molecule has 6 heteroatoms. The molecule has 4 N–H and O–H groups in total. The molecule has 3 heterocycles. The summed E-state index contributed by atoms with van der Waals surface area (Å²) in [7, 11) is 0. The first-order chi connectivity index (χ1) is 13.7. The third kappa shape index (κ3) is 4.44. The number of benzene rings is 1. The van der Waals surface area contributed by atoms with Crippen LogP contribution in [-0.4, -0.2) is 32.6 Å². The van der Waals surface area contributed by atoms with Crippen LogP contribution < -0.4 is 11.1 Å². The topological polar surface area (TPSA) is 88.5 Å². The molecule has 0 unspecified atom stereocenters. The highest BCUT2D eigenvalue weighted by Crippen LogP contribution is 2.28. The third-order valence-electron chi connectivity index (χ3n) is 4.73. The van der Waals surface area contributed by atoms with Crippen LogP contribution in [0.3, 0.4) is 0 Å². The van der Waals surface area contributed by atoms with Crippen molar-refractivity contribution < 1.29 is 5.11 Å². The highest BCUT2D eigenvalue weighted by molar-refractivity contribution is 5.68. The summed E-state index contributed by atoms with van der Waals surface area (Å²) in [6.07, 6.45) is 6.91. The van der Waals surface area contributed by atoms with Gasteiger partial charge >= 0.3 is 0 Å². The Morgan fingerprint density at radius 1 is 1.18 bits per heavy atom. The monoisotopic (exact) mass is 377 g/mol. The standard InChI is InChI=1S/C20H21N5O.C2H6/c21-19-15(5-3-4-14-8-10-22-11-9-14)12-25-13-17(23-20(25)24-19)16-6-1-2-7-18(16)26;1-2/h1-2,6-7,12-14,22,26H,4,8-11H2,(H2,21,23,24);1-2H3. The summed E-state index contributed by atoms with van der Waals surface area (Å²) < 4.78 is 1.80. The molecule has 1 saturated heterocycles. The number of phenolic OH excluding ortho intramolecular Hbond substituents is 1. The Hall–Kier alpha value is -3.04. The van der Waals surface area contributed by atoms with Gasteiger partial charge < -0.3 is 16.2 Å². The van der Waals surface area contributed by atoms with Crippen LogP contribution in [0.5, 0.6) is 5.75 Å². The molecule has 0 saturated carbocycles. The zero-order valence-corrected chi connectivity index (χ0v) is 16.4. The molecule has 0 spiro atoms. The molecule has 0 bridgehead atoms. The first-order valence-electron chi connectivity index (χ1n) is 9.84. The van der Waals surface area contributed by atoms with Gasteiger partial charge in [-0.1, -0.05) is 37.8 Å². The lowest BCUT2D eigenvalue weighted by molar-refractivity contribution is 0.381. The average Bonchev–Trinajstić information content (AvgIpc) is 3.13. The van der Waals surface area contributed by atoms with Crippen molar-refractivity contribution in [1.29, 1.82) is 0 Å². The lowest BCUT2D eigenvalue weighted by atomic mass is 9.95. The van der Waals surface area contributed by atoms with E-state index in [0.717, 1.165) is 19.5 Å². The molecule has 146 valence electrons. The van der Waals surface area contributed by atoms with Crippen molar-refractivity contribution in [2.45, 2.75) is 33.1 Å². The molecule has 0 atom stereocenters. The Bertz CT molecular complexity index is 993. The highest BCUT2D eigenvalue weighted by Gasteiger charge is 2.12. The van der Waals surface area contributed by atoms with E-state index in [0.29, 0.717) is 34.3 Å². The molecule has 0 amide bonds. The Morgan fingerprint density at radius 3 is 2.68 bits per heavy atom. The summed E-state index contributed by atoms with van der Waals surface area (Å²) in [6.45, 7) is 6.15. The lowest BCUT2D eigenvalue weighted by Crippen LogP contribution is -2.27. The number of nitrogens with zero attached hydrogens (tertiary/aromatic N) is 3. The fraction of sp³-hybridized carbons (Fsp3) is 0.364. The van der Waals surface area contributed by atoms with Crippen LogP contribution in [-0.2, 0) is 0 Å². The van der Waals surface area contributed by atoms with Gasteiger partial charge in [0.2, 0.25) is 5.78 Å². The number of piperidine rings is 1. The maximum atomic E-state index is 10.0. The fourth-order valence-corrected chi connectivity index (χ4v) is 3.23. The number of fused-ring (bicyclic) bond motifs is 1. The number of aromatic nitrogens is 3. The van der Waals surface area contributed by atoms with Crippen molar-refractivity contribution in [2.75, 3.05) is 18.8 Å². The van der Waals surface area contributed by atoms with Gasteiger partial charge in [0.25, 0.3) is 0 Å². The molecule has 0 aliphatic carbocycles. The molecule has 1 fully saturated rings. The zero-order valence-electron chi connectivity index (χ0n) is 16.4. The second-order valence-corrected chi connectivity index (χ2v) is 6.59. The maximum absolute atomic E-state index is 10.0. The van der Waals surface area contributed by atoms with Gasteiger partial charge in [0, 0.05) is 24.4 Å². The number of para-hydroxylation sites is 1. The van der Waals surface area contributed by atoms with Crippen molar-refractivity contribution in [3.63, 3.8) is 0 Å². The van der Waals surface area contributed by atoms with Gasteiger partial charge in [-0.3, -0.25) is 4.40 Å². The molecule has 0 radical (unpaired) electrons. The second-order valence-electron chi connectivity index (χ2n) is 6.59. The number of anilines is 1. The van der Waals surface area contributed by atoms with Gasteiger partial charge in [0.05, 0.1) is 11.3 Å². The number of nitrogens with two attached hydrogens (primary N) is 1. The first-order valence-corrected chi connectivity index (χ1v) is 9.84. The Balaban J connectivity index is 0.00000109. The van der Waals surface area contributed by atoms with Crippen LogP contribution in [0.25, 0.3) is 17.0 Å². The van der Waals surface area contributed by atoms with Gasteiger partial charge in [-0.05, 0) is 44.0 Å². The number of rotatable bonds is 2. The summed E-state index contributed by atoms with van der Waals surface area (Å²) in [4.78, 5) is 8.81. The van der Waals surface area contributed by atoms with Crippen LogP contribution in [0.4, 0.5) is 5.82 Å². The van der Waals surface area contributed by atoms with Crippen LogP contribution in [0, 0.1) is 17.8 Å². The highest BCUT2D eigenvalue weighted by atomic mass is 16.3. The first kappa shape index (κ1) is 19.7. The smallest absolute Gasteiger partial charge is 0.236 e. The average molecular weight is 377 g/mol. The van der Waals surface area contributed by atoms with Gasteiger partial charge in [-0.25, -0.2) is 4.98 Å². The SMILES string of the molecule is CC.Nc1nc2nc(-c3ccccc3O)cn2cc1C#CCC1CCNCC1. The van der Waals surface area contributed by atoms with Gasteiger partial charge in [0.1, 0.15) is 11.6 Å². The number of imidazole rings is 1. The normalized spacial score (nSPS) is 14.1.